The van der Waals surface area contributed by atoms with Crippen molar-refractivity contribution in [1.29, 1.82) is 0 Å². The van der Waals surface area contributed by atoms with Gasteiger partial charge in [-0.05, 0) is 43.3 Å². The van der Waals surface area contributed by atoms with E-state index in [2.05, 4.69) is 5.32 Å². The summed E-state index contributed by atoms with van der Waals surface area (Å²) in [6, 6.07) is 10.9. The summed E-state index contributed by atoms with van der Waals surface area (Å²) in [6.45, 7) is 2.83. The molecule has 0 spiro atoms. The highest BCUT2D eigenvalue weighted by Gasteiger charge is 2.09. The van der Waals surface area contributed by atoms with Gasteiger partial charge in [0.15, 0.2) is 0 Å². The van der Waals surface area contributed by atoms with E-state index in [0.717, 1.165) is 11.4 Å². The van der Waals surface area contributed by atoms with Crippen LogP contribution in [0.2, 0.25) is 0 Å². The Kier molecular flexibility index (Phi) is 4.30. The molecule has 0 aliphatic rings. The topological polar surface area (TPSA) is 69.3 Å². The third-order valence-corrected chi connectivity index (χ3v) is 3.14. The van der Waals surface area contributed by atoms with Crippen LogP contribution in [0.1, 0.15) is 16.2 Å². The Bertz CT molecular complexity index is 588. The Morgan fingerprint density at radius 3 is 2.55 bits per heavy atom. The molecule has 0 radical (unpaired) electrons. The monoisotopic (exact) mass is 273 g/mol. The van der Waals surface area contributed by atoms with Gasteiger partial charge in [-0.1, -0.05) is 0 Å². The SMILES string of the molecule is Cc1ccc(C(=O)NCCOc2ccc(N)cc2)n1C. The van der Waals surface area contributed by atoms with E-state index in [-0.39, 0.29) is 5.91 Å². The molecule has 0 bridgehead atoms. The Morgan fingerprint density at radius 1 is 1.25 bits per heavy atom. The van der Waals surface area contributed by atoms with Gasteiger partial charge < -0.3 is 20.4 Å². The lowest BCUT2D eigenvalue weighted by Crippen LogP contribution is -2.29. The van der Waals surface area contributed by atoms with Crippen molar-refractivity contribution in [3.8, 4) is 5.75 Å². The molecule has 0 aliphatic heterocycles. The first-order valence-electron chi connectivity index (χ1n) is 6.47. The van der Waals surface area contributed by atoms with Crippen LogP contribution in [0.25, 0.3) is 0 Å². The number of carbonyl (C=O) groups excluding carboxylic acids is 1. The zero-order valence-electron chi connectivity index (χ0n) is 11.7. The quantitative estimate of drug-likeness (QED) is 0.644. The van der Waals surface area contributed by atoms with Crippen LogP contribution in [0, 0.1) is 6.92 Å². The van der Waals surface area contributed by atoms with Crippen molar-refractivity contribution in [1.82, 2.24) is 9.88 Å². The number of nitrogens with two attached hydrogens (primary N) is 1. The molecule has 0 saturated carbocycles. The molecule has 5 heteroatoms. The van der Waals surface area contributed by atoms with Crippen LogP contribution >= 0.6 is 0 Å². The predicted octanol–water partition coefficient (Wildman–Crippen LogP) is 1.72. The van der Waals surface area contributed by atoms with Crippen LogP contribution < -0.4 is 15.8 Å². The zero-order chi connectivity index (χ0) is 14.5. The van der Waals surface area contributed by atoms with Crippen molar-refractivity contribution >= 4 is 11.6 Å². The summed E-state index contributed by atoms with van der Waals surface area (Å²) < 4.78 is 7.36. The minimum Gasteiger partial charge on any atom is -0.492 e. The lowest BCUT2D eigenvalue weighted by atomic mass is 10.3. The summed E-state index contributed by atoms with van der Waals surface area (Å²) in [5, 5.41) is 2.83. The number of rotatable bonds is 5. The molecule has 2 aromatic rings. The normalized spacial score (nSPS) is 10.3. The molecule has 0 aliphatic carbocycles. The first-order chi connectivity index (χ1) is 9.58. The second-order valence-corrected chi connectivity index (χ2v) is 4.59. The molecule has 0 fully saturated rings. The van der Waals surface area contributed by atoms with Gasteiger partial charge in [-0.3, -0.25) is 4.79 Å². The summed E-state index contributed by atoms with van der Waals surface area (Å²) >= 11 is 0. The molecule has 5 nitrogen and oxygen atoms in total. The molecular weight excluding hydrogens is 254 g/mol. The number of anilines is 1. The minimum absolute atomic E-state index is 0.0958. The maximum absolute atomic E-state index is 11.9. The van der Waals surface area contributed by atoms with Crippen LogP contribution in [0.3, 0.4) is 0 Å². The van der Waals surface area contributed by atoms with Gasteiger partial charge in [0.2, 0.25) is 0 Å². The molecule has 20 heavy (non-hydrogen) atoms. The van der Waals surface area contributed by atoms with Crippen LogP contribution in [0.5, 0.6) is 5.75 Å². The van der Waals surface area contributed by atoms with E-state index < -0.39 is 0 Å². The highest BCUT2D eigenvalue weighted by molar-refractivity contribution is 5.92. The van der Waals surface area contributed by atoms with E-state index in [1.807, 2.05) is 30.7 Å². The number of aryl methyl sites for hydroxylation is 1. The predicted molar refractivity (Wildman–Crippen MR) is 78.8 cm³/mol. The first kappa shape index (κ1) is 14.0. The Labute approximate surface area is 118 Å². The number of hydrogen-bond donors (Lipinski definition) is 2. The lowest BCUT2D eigenvalue weighted by molar-refractivity contribution is 0.0938. The van der Waals surface area contributed by atoms with Gasteiger partial charge in [0.25, 0.3) is 5.91 Å². The highest BCUT2D eigenvalue weighted by atomic mass is 16.5. The van der Waals surface area contributed by atoms with Gasteiger partial charge in [0.1, 0.15) is 18.1 Å². The largest absolute Gasteiger partial charge is 0.492 e. The summed E-state index contributed by atoms with van der Waals surface area (Å²) in [5.74, 6) is 0.643. The van der Waals surface area contributed by atoms with E-state index in [4.69, 9.17) is 10.5 Å². The van der Waals surface area contributed by atoms with Crippen LogP contribution in [0.4, 0.5) is 5.69 Å². The lowest BCUT2D eigenvalue weighted by Gasteiger charge is -2.09. The molecule has 2 rings (SSSR count). The number of nitrogens with one attached hydrogen (secondary N) is 1. The minimum atomic E-state index is -0.0958. The van der Waals surface area contributed by atoms with Crippen molar-refractivity contribution in [2.45, 2.75) is 6.92 Å². The van der Waals surface area contributed by atoms with Crippen LogP contribution in [-0.2, 0) is 7.05 Å². The Hall–Kier alpha value is -2.43. The fourth-order valence-electron chi connectivity index (χ4n) is 1.83. The number of nitrogens with zero attached hydrogens (tertiary/aromatic N) is 1. The first-order valence-corrected chi connectivity index (χ1v) is 6.47. The van der Waals surface area contributed by atoms with Gasteiger partial charge in [0.05, 0.1) is 6.54 Å². The van der Waals surface area contributed by atoms with Crippen molar-refractivity contribution < 1.29 is 9.53 Å². The molecular formula is C15H19N3O2. The van der Waals surface area contributed by atoms with Gasteiger partial charge in [-0.15, -0.1) is 0 Å². The average molecular weight is 273 g/mol. The van der Waals surface area contributed by atoms with E-state index in [1.54, 1.807) is 24.3 Å². The van der Waals surface area contributed by atoms with E-state index in [0.29, 0.717) is 24.5 Å². The maximum Gasteiger partial charge on any atom is 0.268 e. The Balaban J connectivity index is 1.77. The summed E-state index contributed by atoms with van der Waals surface area (Å²) in [5.41, 5.74) is 7.98. The molecule has 1 aromatic carbocycles. The number of hydrogen-bond acceptors (Lipinski definition) is 3. The molecule has 1 amide bonds. The highest BCUT2D eigenvalue weighted by Crippen LogP contribution is 2.12. The van der Waals surface area contributed by atoms with Gasteiger partial charge in [-0.2, -0.15) is 0 Å². The van der Waals surface area contributed by atoms with Crippen LogP contribution in [-0.4, -0.2) is 23.6 Å². The number of benzene rings is 1. The number of aromatic nitrogens is 1. The standard InChI is InChI=1S/C15H19N3O2/c1-11-3-8-14(18(11)2)15(19)17-9-10-20-13-6-4-12(16)5-7-13/h3-8H,9-10,16H2,1-2H3,(H,17,19). The summed E-state index contributed by atoms with van der Waals surface area (Å²) in [7, 11) is 1.87. The van der Waals surface area contributed by atoms with E-state index in [9.17, 15) is 4.79 Å². The maximum atomic E-state index is 11.9. The van der Waals surface area contributed by atoms with Gasteiger partial charge in [-0.25, -0.2) is 0 Å². The van der Waals surface area contributed by atoms with Crippen molar-refractivity contribution in [3.05, 3.63) is 47.8 Å². The number of amides is 1. The smallest absolute Gasteiger partial charge is 0.268 e. The van der Waals surface area contributed by atoms with Crippen molar-refractivity contribution in [2.75, 3.05) is 18.9 Å². The fraction of sp³-hybridized carbons (Fsp3) is 0.267. The van der Waals surface area contributed by atoms with Crippen LogP contribution in [0.15, 0.2) is 36.4 Å². The second kappa shape index (κ2) is 6.14. The van der Waals surface area contributed by atoms with E-state index >= 15 is 0 Å². The molecule has 1 aromatic heterocycles. The average Bonchev–Trinajstić information content (AvgIpc) is 2.77. The second-order valence-electron chi connectivity index (χ2n) is 4.59. The summed E-state index contributed by atoms with van der Waals surface area (Å²) in [6.07, 6.45) is 0. The van der Waals surface area contributed by atoms with Crippen molar-refractivity contribution in [2.24, 2.45) is 7.05 Å². The molecule has 106 valence electrons. The molecule has 0 saturated heterocycles. The third-order valence-electron chi connectivity index (χ3n) is 3.14. The van der Waals surface area contributed by atoms with Gasteiger partial charge in [0, 0.05) is 18.4 Å². The molecule has 0 unspecified atom stereocenters. The third kappa shape index (κ3) is 3.32. The number of ether oxygens (including phenoxy) is 1. The fourth-order valence-corrected chi connectivity index (χ4v) is 1.83. The molecule has 0 atom stereocenters. The number of carbonyl (C=O) groups is 1. The van der Waals surface area contributed by atoms with E-state index in [1.165, 1.54) is 0 Å². The molecule has 3 N–H and O–H groups in total. The summed E-state index contributed by atoms with van der Waals surface area (Å²) in [4.78, 5) is 11.9. The van der Waals surface area contributed by atoms with Crippen molar-refractivity contribution in [3.63, 3.8) is 0 Å². The Morgan fingerprint density at radius 2 is 1.95 bits per heavy atom. The number of nitrogen functional groups attached to an aromatic ring is 1. The van der Waals surface area contributed by atoms with Gasteiger partial charge >= 0.3 is 0 Å². The zero-order valence-corrected chi connectivity index (χ0v) is 11.7. The molecule has 1 heterocycles.